The van der Waals surface area contributed by atoms with Gasteiger partial charge in [-0.05, 0) is 29.3 Å². The summed E-state index contributed by atoms with van der Waals surface area (Å²) >= 11 is 6.05. The van der Waals surface area contributed by atoms with Crippen LogP contribution in [0.1, 0.15) is 17.5 Å². The van der Waals surface area contributed by atoms with Crippen LogP contribution in [0.4, 0.5) is 0 Å². The highest BCUT2D eigenvalue weighted by Gasteiger charge is 2.15. The Kier molecular flexibility index (Phi) is 5.92. The van der Waals surface area contributed by atoms with Crippen molar-refractivity contribution in [1.82, 2.24) is 14.7 Å². The minimum atomic E-state index is 0.107. The monoisotopic (exact) mass is 403 g/mol. The molecule has 0 radical (unpaired) electrons. The molecule has 3 aromatic carbocycles. The summed E-state index contributed by atoms with van der Waals surface area (Å²) in [7, 11) is 0. The molecule has 0 spiro atoms. The highest BCUT2D eigenvalue weighted by Crippen LogP contribution is 2.19. The van der Waals surface area contributed by atoms with Crippen molar-refractivity contribution in [3.05, 3.63) is 101 Å². The van der Waals surface area contributed by atoms with Crippen LogP contribution in [-0.2, 0) is 24.4 Å². The fourth-order valence-corrected chi connectivity index (χ4v) is 3.62. The van der Waals surface area contributed by atoms with E-state index in [0.29, 0.717) is 31.1 Å². The third-order valence-electron chi connectivity index (χ3n) is 4.93. The lowest BCUT2D eigenvalue weighted by Crippen LogP contribution is -2.30. The number of carbonyl (C=O) groups excluding carboxylic acids is 1. The van der Waals surface area contributed by atoms with E-state index in [0.717, 1.165) is 22.0 Å². The maximum atomic E-state index is 13.1. The van der Waals surface area contributed by atoms with Crippen LogP contribution in [0.15, 0.2) is 85.1 Å². The standard InChI is InChI=1S/C24H22ClN3O/c25-22-11-12-23-21(15-22)16-26-28(23)14-13-24(29)27(17-19-7-3-1-4-8-19)18-20-9-5-2-6-10-20/h1-12,15-16H,13-14,17-18H2. The average Bonchev–Trinajstić information content (AvgIpc) is 3.15. The van der Waals surface area contributed by atoms with Crippen LogP contribution in [0.3, 0.4) is 0 Å². The molecule has 0 saturated heterocycles. The second kappa shape index (κ2) is 8.93. The van der Waals surface area contributed by atoms with Crippen LogP contribution in [0.5, 0.6) is 0 Å². The van der Waals surface area contributed by atoms with Gasteiger partial charge in [-0.1, -0.05) is 72.3 Å². The van der Waals surface area contributed by atoms with Crippen LogP contribution in [0.25, 0.3) is 10.9 Å². The van der Waals surface area contributed by atoms with Crippen LogP contribution in [0.2, 0.25) is 5.02 Å². The van der Waals surface area contributed by atoms with Crippen molar-refractivity contribution in [2.24, 2.45) is 0 Å². The van der Waals surface area contributed by atoms with E-state index in [9.17, 15) is 4.79 Å². The van der Waals surface area contributed by atoms with E-state index < -0.39 is 0 Å². The van der Waals surface area contributed by atoms with Crippen molar-refractivity contribution in [3.63, 3.8) is 0 Å². The topological polar surface area (TPSA) is 38.1 Å². The van der Waals surface area contributed by atoms with E-state index in [1.807, 2.05) is 64.2 Å². The fourth-order valence-electron chi connectivity index (χ4n) is 3.44. The molecule has 4 aromatic rings. The first kappa shape index (κ1) is 19.2. The van der Waals surface area contributed by atoms with Gasteiger partial charge in [-0.15, -0.1) is 0 Å². The number of nitrogens with zero attached hydrogens (tertiary/aromatic N) is 3. The van der Waals surface area contributed by atoms with E-state index in [2.05, 4.69) is 29.4 Å². The number of hydrogen-bond donors (Lipinski definition) is 0. The lowest BCUT2D eigenvalue weighted by Gasteiger charge is -2.23. The number of benzene rings is 3. The Hall–Kier alpha value is -3.11. The average molecular weight is 404 g/mol. The summed E-state index contributed by atoms with van der Waals surface area (Å²) in [4.78, 5) is 15.0. The van der Waals surface area contributed by atoms with Gasteiger partial charge in [0.2, 0.25) is 5.91 Å². The van der Waals surface area contributed by atoms with Crippen molar-refractivity contribution >= 4 is 28.4 Å². The van der Waals surface area contributed by atoms with E-state index in [4.69, 9.17) is 11.6 Å². The Morgan fingerprint density at radius 3 is 2.14 bits per heavy atom. The SMILES string of the molecule is O=C(CCn1ncc2cc(Cl)ccc21)N(Cc1ccccc1)Cc1ccccc1. The molecular weight excluding hydrogens is 382 g/mol. The maximum absolute atomic E-state index is 13.1. The van der Waals surface area contributed by atoms with E-state index in [1.54, 1.807) is 6.20 Å². The molecule has 5 heteroatoms. The lowest BCUT2D eigenvalue weighted by molar-refractivity contribution is -0.132. The third kappa shape index (κ3) is 4.84. The predicted octanol–water partition coefficient (Wildman–Crippen LogP) is 5.31. The molecule has 0 fully saturated rings. The Labute approximate surface area is 175 Å². The molecular formula is C24H22ClN3O. The summed E-state index contributed by atoms with van der Waals surface area (Å²) in [5.41, 5.74) is 3.23. The van der Waals surface area contributed by atoms with Crippen molar-refractivity contribution < 1.29 is 4.79 Å². The van der Waals surface area contributed by atoms with Gasteiger partial charge in [0.15, 0.2) is 0 Å². The highest BCUT2D eigenvalue weighted by molar-refractivity contribution is 6.31. The molecule has 1 heterocycles. The molecule has 4 nitrogen and oxygen atoms in total. The Morgan fingerprint density at radius 1 is 0.897 bits per heavy atom. The van der Waals surface area contributed by atoms with Gasteiger partial charge >= 0.3 is 0 Å². The van der Waals surface area contributed by atoms with Crippen LogP contribution < -0.4 is 0 Å². The summed E-state index contributed by atoms with van der Waals surface area (Å²) < 4.78 is 1.87. The number of carbonyl (C=O) groups is 1. The summed E-state index contributed by atoms with van der Waals surface area (Å²) in [6, 6.07) is 25.9. The Morgan fingerprint density at radius 2 is 1.52 bits per heavy atom. The van der Waals surface area contributed by atoms with Gasteiger partial charge in [0.1, 0.15) is 0 Å². The van der Waals surface area contributed by atoms with Crippen LogP contribution in [-0.4, -0.2) is 20.6 Å². The van der Waals surface area contributed by atoms with Gasteiger partial charge in [0.25, 0.3) is 0 Å². The molecule has 29 heavy (non-hydrogen) atoms. The number of aromatic nitrogens is 2. The Bertz CT molecular complexity index is 1050. The smallest absolute Gasteiger partial charge is 0.225 e. The van der Waals surface area contributed by atoms with E-state index in [1.165, 1.54) is 0 Å². The third-order valence-corrected chi connectivity index (χ3v) is 5.16. The molecule has 0 unspecified atom stereocenters. The maximum Gasteiger partial charge on any atom is 0.225 e. The first-order chi connectivity index (χ1) is 14.2. The van der Waals surface area contributed by atoms with Gasteiger partial charge in [-0.3, -0.25) is 9.48 Å². The highest BCUT2D eigenvalue weighted by atomic mass is 35.5. The first-order valence-electron chi connectivity index (χ1n) is 9.66. The molecule has 0 saturated carbocycles. The number of fused-ring (bicyclic) bond motifs is 1. The van der Waals surface area contributed by atoms with Crippen molar-refractivity contribution in [2.75, 3.05) is 0 Å². The minimum Gasteiger partial charge on any atom is -0.334 e. The molecule has 146 valence electrons. The zero-order valence-corrected chi connectivity index (χ0v) is 16.8. The zero-order valence-electron chi connectivity index (χ0n) is 16.0. The number of amides is 1. The molecule has 0 N–H and O–H groups in total. The summed E-state index contributed by atoms with van der Waals surface area (Å²) in [5, 5.41) is 6.09. The quantitative estimate of drug-likeness (QED) is 0.419. The zero-order chi connectivity index (χ0) is 20.1. The molecule has 4 rings (SSSR count). The number of hydrogen-bond acceptors (Lipinski definition) is 2. The van der Waals surface area contributed by atoms with Crippen LogP contribution >= 0.6 is 11.6 Å². The van der Waals surface area contributed by atoms with Crippen molar-refractivity contribution in [2.45, 2.75) is 26.1 Å². The molecule has 0 bridgehead atoms. The number of rotatable bonds is 7. The minimum absolute atomic E-state index is 0.107. The normalized spacial score (nSPS) is 10.9. The molecule has 0 aliphatic carbocycles. The van der Waals surface area contributed by atoms with E-state index in [-0.39, 0.29) is 5.91 Å². The second-order valence-electron chi connectivity index (χ2n) is 7.04. The van der Waals surface area contributed by atoms with Gasteiger partial charge in [-0.2, -0.15) is 5.10 Å². The van der Waals surface area contributed by atoms with Crippen LogP contribution in [0, 0.1) is 0 Å². The fraction of sp³-hybridized carbons (Fsp3) is 0.167. The first-order valence-corrected chi connectivity index (χ1v) is 10.0. The summed E-state index contributed by atoms with van der Waals surface area (Å²) in [6.45, 7) is 1.71. The second-order valence-corrected chi connectivity index (χ2v) is 7.48. The summed E-state index contributed by atoms with van der Waals surface area (Å²) in [6.07, 6.45) is 2.18. The van der Waals surface area contributed by atoms with Gasteiger partial charge in [0, 0.05) is 29.9 Å². The van der Waals surface area contributed by atoms with Crippen molar-refractivity contribution in [3.8, 4) is 0 Å². The number of halogens is 1. The summed E-state index contributed by atoms with van der Waals surface area (Å²) in [5.74, 6) is 0.107. The lowest BCUT2D eigenvalue weighted by atomic mass is 10.1. The largest absolute Gasteiger partial charge is 0.334 e. The van der Waals surface area contributed by atoms with E-state index >= 15 is 0 Å². The predicted molar refractivity (Wildman–Crippen MR) is 116 cm³/mol. The van der Waals surface area contributed by atoms with Gasteiger partial charge in [0.05, 0.1) is 18.3 Å². The molecule has 1 aromatic heterocycles. The number of aryl methyl sites for hydroxylation is 1. The molecule has 0 atom stereocenters. The van der Waals surface area contributed by atoms with Gasteiger partial charge < -0.3 is 4.90 Å². The molecule has 0 aliphatic heterocycles. The Balaban J connectivity index is 1.49. The molecule has 1 amide bonds. The molecule has 0 aliphatic rings. The van der Waals surface area contributed by atoms with Gasteiger partial charge in [-0.25, -0.2) is 0 Å². The van der Waals surface area contributed by atoms with Crippen molar-refractivity contribution in [1.29, 1.82) is 0 Å².